The molecule has 17 heavy (non-hydrogen) atoms. The minimum atomic E-state index is -3.05. The number of ether oxygens (including phenoxy) is 1. The minimum Gasteiger partial charge on any atom is -0.491 e. The molecule has 0 saturated heterocycles. The van der Waals surface area contributed by atoms with E-state index in [4.69, 9.17) is 9.84 Å². The van der Waals surface area contributed by atoms with E-state index in [1.807, 2.05) is 0 Å². The molecular formula is C10H13NO5S. The summed E-state index contributed by atoms with van der Waals surface area (Å²) in [7, 11) is -3.05. The number of rotatable bonds is 6. The summed E-state index contributed by atoms with van der Waals surface area (Å²) in [6.07, 6.45) is 1.25. The van der Waals surface area contributed by atoms with E-state index in [1.54, 1.807) is 6.92 Å². The Morgan fingerprint density at radius 1 is 1.47 bits per heavy atom. The molecule has 0 amide bonds. The molecule has 0 atom stereocenters. The number of hydrogen-bond acceptors (Lipinski definition) is 5. The van der Waals surface area contributed by atoms with Gasteiger partial charge >= 0.3 is 5.97 Å². The molecule has 1 heterocycles. The Balaban J connectivity index is 2.51. The molecule has 0 aromatic carbocycles. The van der Waals surface area contributed by atoms with E-state index in [-0.39, 0.29) is 23.8 Å². The number of carboxylic acids is 1. The lowest BCUT2D eigenvalue weighted by Crippen LogP contribution is -2.15. The van der Waals surface area contributed by atoms with Crippen LogP contribution in [-0.4, -0.2) is 42.6 Å². The third-order valence-corrected chi connectivity index (χ3v) is 3.73. The van der Waals surface area contributed by atoms with Gasteiger partial charge < -0.3 is 9.84 Å². The van der Waals surface area contributed by atoms with Crippen molar-refractivity contribution < 1.29 is 23.1 Å². The van der Waals surface area contributed by atoms with Gasteiger partial charge in [0.25, 0.3) is 0 Å². The van der Waals surface area contributed by atoms with Gasteiger partial charge in [-0.3, -0.25) is 0 Å². The summed E-state index contributed by atoms with van der Waals surface area (Å²) in [6, 6.07) is 2.74. The first-order valence-electron chi connectivity index (χ1n) is 4.97. The lowest BCUT2D eigenvalue weighted by molar-refractivity contribution is 0.0690. The fraction of sp³-hybridized carbons (Fsp3) is 0.400. The second-order valence-electron chi connectivity index (χ2n) is 3.27. The Hall–Kier alpha value is -1.63. The van der Waals surface area contributed by atoms with Crippen molar-refractivity contribution in [3.63, 3.8) is 0 Å². The summed E-state index contributed by atoms with van der Waals surface area (Å²) in [5.74, 6) is -0.761. The smallest absolute Gasteiger partial charge is 0.354 e. The molecule has 0 unspecified atom stereocenters. The van der Waals surface area contributed by atoms with E-state index in [0.717, 1.165) is 0 Å². The number of pyridine rings is 1. The molecule has 0 aliphatic rings. The van der Waals surface area contributed by atoms with E-state index in [9.17, 15) is 13.2 Å². The lowest BCUT2D eigenvalue weighted by Gasteiger charge is -2.05. The van der Waals surface area contributed by atoms with Crippen molar-refractivity contribution in [2.24, 2.45) is 0 Å². The molecule has 1 aromatic rings. The summed E-state index contributed by atoms with van der Waals surface area (Å²) in [6.45, 7) is 1.60. The Labute approximate surface area is 99.2 Å². The molecule has 94 valence electrons. The third-order valence-electron chi connectivity index (χ3n) is 2.06. The third kappa shape index (κ3) is 4.39. The summed E-state index contributed by atoms with van der Waals surface area (Å²) in [4.78, 5) is 14.2. The standard InChI is InChI=1S/C10H13NO5S/c1-2-17(14,15)6-5-16-8-3-4-9(10(12)13)11-7-8/h3-4,7H,2,5-6H2,1H3,(H,12,13). The van der Waals surface area contributed by atoms with Crippen LogP contribution in [0.4, 0.5) is 0 Å². The first kappa shape index (κ1) is 13.4. The number of aromatic carboxylic acids is 1. The van der Waals surface area contributed by atoms with Gasteiger partial charge in [-0.25, -0.2) is 18.2 Å². The highest BCUT2D eigenvalue weighted by Crippen LogP contribution is 2.09. The number of carbonyl (C=O) groups is 1. The van der Waals surface area contributed by atoms with Gasteiger partial charge in [0.05, 0.1) is 11.9 Å². The van der Waals surface area contributed by atoms with Crippen LogP contribution in [0.5, 0.6) is 5.75 Å². The zero-order valence-corrected chi connectivity index (χ0v) is 10.1. The average molecular weight is 259 g/mol. The molecule has 0 saturated carbocycles. The molecule has 1 aromatic heterocycles. The highest BCUT2D eigenvalue weighted by Gasteiger charge is 2.08. The average Bonchev–Trinajstić information content (AvgIpc) is 2.29. The Morgan fingerprint density at radius 2 is 2.18 bits per heavy atom. The number of sulfone groups is 1. The van der Waals surface area contributed by atoms with Crippen LogP contribution in [0, 0.1) is 0 Å². The normalized spacial score (nSPS) is 11.1. The van der Waals surface area contributed by atoms with Gasteiger partial charge in [0, 0.05) is 5.75 Å². The van der Waals surface area contributed by atoms with E-state index in [0.29, 0.717) is 5.75 Å². The minimum absolute atomic E-state index is 0.0320. The Kier molecular flexibility index (Phi) is 4.45. The van der Waals surface area contributed by atoms with E-state index < -0.39 is 15.8 Å². The fourth-order valence-electron chi connectivity index (χ4n) is 1.02. The molecular weight excluding hydrogens is 246 g/mol. The van der Waals surface area contributed by atoms with Gasteiger partial charge in [-0.1, -0.05) is 6.92 Å². The van der Waals surface area contributed by atoms with Gasteiger partial charge in [-0.15, -0.1) is 0 Å². The first-order valence-corrected chi connectivity index (χ1v) is 6.79. The maximum atomic E-state index is 11.2. The van der Waals surface area contributed by atoms with E-state index in [1.165, 1.54) is 18.3 Å². The zero-order chi connectivity index (χ0) is 12.9. The molecule has 0 fully saturated rings. The molecule has 0 radical (unpaired) electrons. The topological polar surface area (TPSA) is 93.6 Å². The van der Waals surface area contributed by atoms with Gasteiger partial charge in [0.15, 0.2) is 9.84 Å². The second kappa shape index (κ2) is 5.62. The molecule has 0 aliphatic heterocycles. The molecule has 0 spiro atoms. The largest absolute Gasteiger partial charge is 0.491 e. The fourth-order valence-corrected chi connectivity index (χ4v) is 1.65. The molecule has 1 N–H and O–H groups in total. The van der Waals surface area contributed by atoms with Crippen LogP contribution in [-0.2, 0) is 9.84 Å². The predicted molar refractivity (Wildman–Crippen MR) is 61.0 cm³/mol. The van der Waals surface area contributed by atoms with Crippen molar-refractivity contribution in [1.29, 1.82) is 0 Å². The molecule has 6 nitrogen and oxygen atoms in total. The molecule has 7 heteroatoms. The van der Waals surface area contributed by atoms with Crippen LogP contribution < -0.4 is 4.74 Å². The molecule has 0 bridgehead atoms. The predicted octanol–water partition coefficient (Wildman–Crippen LogP) is 0.593. The maximum Gasteiger partial charge on any atom is 0.354 e. The molecule has 1 rings (SSSR count). The Bertz CT molecular complexity index is 480. The zero-order valence-electron chi connectivity index (χ0n) is 9.29. The Morgan fingerprint density at radius 3 is 2.65 bits per heavy atom. The van der Waals surface area contributed by atoms with Gasteiger partial charge in [0.1, 0.15) is 18.1 Å². The van der Waals surface area contributed by atoms with Crippen LogP contribution in [0.25, 0.3) is 0 Å². The van der Waals surface area contributed by atoms with Crippen molar-refractivity contribution in [3.05, 3.63) is 24.0 Å². The van der Waals surface area contributed by atoms with Crippen LogP contribution in [0.15, 0.2) is 18.3 Å². The van der Waals surface area contributed by atoms with Crippen LogP contribution in [0.3, 0.4) is 0 Å². The highest BCUT2D eigenvalue weighted by atomic mass is 32.2. The van der Waals surface area contributed by atoms with Gasteiger partial charge in [-0.2, -0.15) is 0 Å². The summed E-state index contributed by atoms with van der Waals surface area (Å²) in [5.41, 5.74) is -0.0847. The van der Waals surface area contributed by atoms with E-state index in [2.05, 4.69) is 4.98 Å². The highest BCUT2D eigenvalue weighted by molar-refractivity contribution is 7.91. The first-order chi connectivity index (χ1) is 7.94. The van der Waals surface area contributed by atoms with Gasteiger partial charge in [-0.05, 0) is 12.1 Å². The second-order valence-corrected chi connectivity index (χ2v) is 5.74. The number of hydrogen-bond donors (Lipinski definition) is 1. The summed E-state index contributed by atoms with van der Waals surface area (Å²) in [5, 5.41) is 8.61. The number of carboxylic acid groups (broad SMARTS) is 1. The van der Waals surface area contributed by atoms with Crippen LogP contribution in [0.1, 0.15) is 17.4 Å². The van der Waals surface area contributed by atoms with Crippen molar-refractivity contribution >= 4 is 15.8 Å². The number of nitrogens with zero attached hydrogens (tertiary/aromatic N) is 1. The van der Waals surface area contributed by atoms with Gasteiger partial charge in [0.2, 0.25) is 0 Å². The maximum absolute atomic E-state index is 11.2. The molecule has 0 aliphatic carbocycles. The van der Waals surface area contributed by atoms with Crippen LogP contribution >= 0.6 is 0 Å². The van der Waals surface area contributed by atoms with Crippen molar-refractivity contribution in [1.82, 2.24) is 4.98 Å². The summed E-state index contributed by atoms with van der Waals surface area (Å²) >= 11 is 0. The summed E-state index contributed by atoms with van der Waals surface area (Å²) < 4.78 is 27.5. The van der Waals surface area contributed by atoms with E-state index >= 15 is 0 Å². The quantitative estimate of drug-likeness (QED) is 0.803. The van der Waals surface area contributed by atoms with Crippen molar-refractivity contribution in [2.45, 2.75) is 6.92 Å². The number of aromatic nitrogens is 1. The SMILES string of the molecule is CCS(=O)(=O)CCOc1ccc(C(=O)O)nc1. The lowest BCUT2D eigenvalue weighted by atomic mass is 10.3. The van der Waals surface area contributed by atoms with Crippen LogP contribution in [0.2, 0.25) is 0 Å². The van der Waals surface area contributed by atoms with Crippen molar-refractivity contribution in [2.75, 3.05) is 18.1 Å². The monoisotopic (exact) mass is 259 g/mol. The van der Waals surface area contributed by atoms with Crippen molar-refractivity contribution in [3.8, 4) is 5.75 Å².